The van der Waals surface area contributed by atoms with Gasteiger partial charge in [0.05, 0.1) is 54.4 Å². The van der Waals surface area contributed by atoms with Gasteiger partial charge < -0.3 is 26.4 Å². The fourth-order valence-electron chi connectivity index (χ4n) is 9.48. The van der Waals surface area contributed by atoms with E-state index >= 15 is 0 Å². The fourth-order valence-corrected chi connectivity index (χ4v) is 9.48. The number of carbonyl (C=O) groups excluding carboxylic acids is 3. The average molecular weight is 987 g/mol. The number of hydrogen-bond donors (Lipinski definition) is 4. The van der Waals surface area contributed by atoms with E-state index in [1.807, 2.05) is 91.3 Å². The largest absolute Gasteiger partial charge is 0.445 e. The fraction of sp³-hybridized carbons (Fsp3) is 0.259. The third-order valence-corrected chi connectivity index (χ3v) is 13.5. The van der Waals surface area contributed by atoms with Crippen LogP contribution in [0.5, 0.6) is 0 Å². The van der Waals surface area contributed by atoms with Crippen molar-refractivity contribution >= 4 is 51.1 Å². The number of Topliss-reactive ketones (excluding diaryl/α,β-unsaturated/α-hetero) is 2. The monoisotopic (exact) mass is 986 g/mol. The van der Waals surface area contributed by atoms with Crippen LogP contribution in [0.3, 0.4) is 0 Å². The molecule has 16 heteroatoms. The Morgan fingerprint density at radius 3 is 1.66 bits per heavy atom. The predicted octanol–water partition coefficient (Wildman–Crippen LogP) is 9.44. The highest BCUT2D eigenvalue weighted by molar-refractivity contribution is 5.94. The van der Waals surface area contributed by atoms with Crippen LogP contribution in [-0.4, -0.2) is 69.2 Å². The Kier molecular flexibility index (Phi) is 13.8. The molecule has 0 saturated carbocycles. The zero-order valence-corrected chi connectivity index (χ0v) is 42.3. The van der Waals surface area contributed by atoms with Gasteiger partial charge in [-0.2, -0.15) is 10.2 Å². The summed E-state index contributed by atoms with van der Waals surface area (Å²) in [6, 6.07) is 41.2. The summed E-state index contributed by atoms with van der Waals surface area (Å²) in [7, 11) is 0. The third kappa shape index (κ3) is 10.9. The number of ether oxygens (including phenoxy) is 1. The predicted molar refractivity (Wildman–Crippen MR) is 286 cm³/mol. The van der Waals surface area contributed by atoms with Crippen LogP contribution in [0.15, 0.2) is 127 Å². The minimum absolute atomic E-state index is 0.0424. The maximum absolute atomic E-state index is 12.9. The van der Waals surface area contributed by atoms with Gasteiger partial charge in [-0.05, 0) is 94.6 Å². The number of hydrogen-bond acceptors (Lipinski definition) is 13. The van der Waals surface area contributed by atoms with Crippen molar-refractivity contribution in [1.29, 1.82) is 0 Å². The normalized spacial score (nSPS) is 15.9. The first-order chi connectivity index (χ1) is 35.7. The van der Waals surface area contributed by atoms with E-state index in [9.17, 15) is 14.4 Å². The molecule has 2 unspecified atom stereocenters. The molecule has 0 aliphatic carbocycles. The Hall–Kier alpha value is -8.63. The first kappa shape index (κ1) is 49.0. The second-order valence-electron chi connectivity index (χ2n) is 19.3. The Morgan fingerprint density at radius 1 is 0.622 bits per heavy atom. The van der Waals surface area contributed by atoms with E-state index in [0.29, 0.717) is 24.6 Å². The molecule has 9 aromatic rings. The summed E-state index contributed by atoms with van der Waals surface area (Å²) in [5, 5.41) is 21.2. The molecule has 0 saturated heterocycles. The van der Waals surface area contributed by atoms with Crippen molar-refractivity contribution in [3.8, 4) is 22.5 Å². The smallest absolute Gasteiger partial charge is 0.408 e. The Labute approximate surface area is 428 Å². The summed E-state index contributed by atoms with van der Waals surface area (Å²) >= 11 is 0. The van der Waals surface area contributed by atoms with Crippen molar-refractivity contribution in [1.82, 2.24) is 44.8 Å². The molecule has 6 heterocycles. The first-order valence-electron chi connectivity index (χ1n) is 24.8. The number of rotatable bonds is 11. The molecule has 74 heavy (non-hydrogen) atoms. The van der Waals surface area contributed by atoms with Crippen molar-refractivity contribution < 1.29 is 19.1 Å². The highest BCUT2D eigenvalue weighted by Gasteiger charge is 2.30. The number of anilines is 2. The van der Waals surface area contributed by atoms with E-state index in [0.717, 1.165) is 72.9 Å². The van der Waals surface area contributed by atoms with Gasteiger partial charge in [-0.25, -0.2) is 24.7 Å². The number of carbonyl (C=O) groups is 3. The van der Waals surface area contributed by atoms with Gasteiger partial charge in [-0.3, -0.25) is 19.0 Å². The van der Waals surface area contributed by atoms with E-state index in [2.05, 4.69) is 108 Å². The molecule has 4 aromatic heterocycles. The summed E-state index contributed by atoms with van der Waals surface area (Å²) in [6.45, 7) is 13.0. The zero-order valence-electron chi connectivity index (χ0n) is 42.3. The highest BCUT2D eigenvalue weighted by Crippen LogP contribution is 2.33. The number of ketones is 2. The minimum atomic E-state index is -0.708. The molecule has 2 aliphatic heterocycles. The van der Waals surface area contributed by atoms with Gasteiger partial charge in [0, 0.05) is 45.4 Å². The molecule has 16 nitrogen and oxygen atoms in total. The molecular weight excluding hydrogens is 929 g/mol. The topological polar surface area (TPSA) is 210 Å². The van der Waals surface area contributed by atoms with Gasteiger partial charge in [0.15, 0.2) is 11.6 Å². The molecule has 0 spiro atoms. The van der Waals surface area contributed by atoms with Crippen LogP contribution >= 0.6 is 0 Å². The lowest BCUT2D eigenvalue weighted by molar-refractivity contribution is -0.122. The number of aryl methyl sites for hydroxylation is 4. The molecule has 0 radical (unpaired) electrons. The second-order valence-corrected chi connectivity index (χ2v) is 19.3. The van der Waals surface area contributed by atoms with Gasteiger partial charge in [0.25, 0.3) is 0 Å². The average Bonchev–Trinajstić information content (AvgIpc) is 3.99. The zero-order chi connectivity index (χ0) is 51.6. The van der Waals surface area contributed by atoms with Gasteiger partial charge in [0.2, 0.25) is 0 Å². The van der Waals surface area contributed by atoms with Crippen LogP contribution in [0.1, 0.15) is 76.8 Å². The minimum Gasteiger partial charge on any atom is -0.445 e. The van der Waals surface area contributed by atoms with Crippen LogP contribution in [-0.2, 0) is 46.9 Å². The van der Waals surface area contributed by atoms with Crippen LogP contribution in [0, 0.1) is 27.7 Å². The maximum Gasteiger partial charge on any atom is 0.408 e. The molecule has 1 amide bonds. The van der Waals surface area contributed by atoms with E-state index < -0.39 is 18.2 Å². The van der Waals surface area contributed by atoms with Crippen LogP contribution in [0.2, 0.25) is 0 Å². The third-order valence-electron chi connectivity index (χ3n) is 13.5. The molecule has 0 bridgehead atoms. The number of fused-ring (bicyclic) bond motifs is 4. The van der Waals surface area contributed by atoms with Gasteiger partial charge in [0.1, 0.15) is 35.9 Å². The molecule has 4 atom stereocenters. The summed E-state index contributed by atoms with van der Waals surface area (Å²) < 4.78 is 8.94. The number of nitrogens with zero attached hydrogens (tertiary/aromatic N) is 8. The van der Waals surface area contributed by atoms with E-state index in [-0.39, 0.29) is 43.2 Å². The van der Waals surface area contributed by atoms with Gasteiger partial charge in [-0.15, -0.1) is 0 Å². The van der Waals surface area contributed by atoms with Gasteiger partial charge >= 0.3 is 6.09 Å². The summed E-state index contributed by atoms with van der Waals surface area (Å²) in [4.78, 5) is 55.9. The highest BCUT2D eigenvalue weighted by atomic mass is 16.5. The quantitative estimate of drug-likeness (QED) is 0.0953. The maximum atomic E-state index is 12.9. The number of nitrogens with one attached hydrogen (secondary N) is 3. The van der Waals surface area contributed by atoms with Crippen LogP contribution in [0.25, 0.3) is 44.3 Å². The van der Waals surface area contributed by atoms with Crippen molar-refractivity contribution in [2.75, 3.05) is 10.6 Å². The van der Waals surface area contributed by atoms with Crippen molar-refractivity contribution in [2.45, 2.75) is 98.2 Å². The SMILES string of the molecule is Cc1cccc([C@@H](C)Nc2nc(C)nc3ccc(-c4cc5n(n4)CC(N)C(=O)C5)cc23)c1.Cc1cccc([C@@H](C)Nc2nc(C)nc3ccc(-c4cc5n(n4)CC(NC(=O)OCc4ccccc4)C(=O)C5)cc23)c1. The Balaban J connectivity index is 0.000000175. The van der Waals surface area contributed by atoms with Crippen molar-refractivity contribution in [3.05, 3.63) is 178 Å². The molecule has 374 valence electrons. The van der Waals surface area contributed by atoms with E-state index in [4.69, 9.17) is 30.6 Å². The summed E-state index contributed by atoms with van der Waals surface area (Å²) in [5.74, 6) is 2.93. The van der Waals surface area contributed by atoms with E-state index in [1.165, 1.54) is 22.3 Å². The number of aromatic nitrogens is 8. The van der Waals surface area contributed by atoms with Crippen LogP contribution in [0.4, 0.5) is 16.4 Å². The lowest BCUT2D eigenvalue weighted by Crippen LogP contribution is -2.47. The standard InChI is InChI=1S/C33H32N6O3.C25H26N6O/c1-20-8-7-11-24(14-20)21(2)34-32-27-15-25(12-13-28(27)35-22(3)36-32)29-16-26-17-31(40)30(18-39(26)38-29)37-33(41)42-19-23-9-5-4-6-10-23;1-14-5-4-6-17(9-14)15(2)27-25-20-10-18(7-8-22(20)28-16(3)29-25)23-11-19-12-24(32)21(26)13-31(19)30-23/h4-16,21,30H,17-19H2,1-3H3,(H,37,41)(H,34,35,36);4-11,15,21H,12-13,26H2,1-3H3,(H,27,28,29)/t21-,30?;15-,21?/m11/s1. The van der Waals surface area contributed by atoms with Crippen molar-refractivity contribution in [3.63, 3.8) is 0 Å². The van der Waals surface area contributed by atoms with Crippen LogP contribution < -0.4 is 21.7 Å². The molecule has 2 aliphatic rings. The first-order valence-corrected chi connectivity index (χ1v) is 24.8. The molecule has 5 aromatic carbocycles. The number of amides is 1. The number of nitrogens with two attached hydrogens (primary N) is 1. The van der Waals surface area contributed by atoms with Crippen molar-refractivity contribution in [2.24, 2.45) is 5.73 Å². The molecular formula is C58H58N12O4. The number of benzene rings is 5. The lowest BCUT2D eigenvalue weighted by Gasteiger charge is -2.23. The molecule has 5 N–H and O–H groups in total. The second kappa shape index (κ2) is 20.8. The number of alkyl carbamates (subject to hydrolysis) is 1. The lowest BCUT2D eigenvalue weighted by atomic mass is 10.0. The summed E-state index contributed by atoms with van der Waals surface area (Å²) in [5.41, 5.74) is 18.4. The Morgan fingerprint density at radius 2 is 1.14 bits per heavy atom. The van der Waals surface area contributed by atoms with Gasteiger partial charge in [-0.1, -0.05) is 102 Å². The Bertz CT molecular complexity index is 3590. The molecule has 0 fully saturated rings. The summed E-state index contributed by atoms with van der Waals surface area (Å²) in [6.07, 6.45) is -0.129. The van der Waals surface area contributed by atoms with E-state index in [1.54, 1.807) is 4.68 Å². The molecule has 11 rings (SSSR count).